The van der Waals surface area contributed by atoms with Crippen molar-refractivity contribution in [2.45, 2.75) is 6.54 Å². The quantitative estimate of drug-likeness (QED) is 0.811. The number of para-hydroxylation sites is 1. The average Bonchev–Trinajstić information content (AvgIpc) is 2.39. The molecule has 0 saturated carbocycles. The van der Waals surface area contributed by atoms with Gasteiger partial charge in [0.25, 0.3) is 0 Å². The van der Waals surface area contributed by atoms with Crippen molar-refractivity contribution in [1.29, 1.82) is 0 Å². The summed E-state index contributed by atoms with van der Waals surface area (Å²) in [6, 6.07) is 13.9. The van der Waals surface area contributed by atoms with E-state index in [2.05, 4.69) is 15.6 Å². The topological polar surface area (TPSA) is 38.2 Å². The van der Waals surface area contributed by atoms with Gasteiger partial charge in [-0.05, 0) is 30.4 Å². The van der Waals surface area contributed by atoms with E-state index in [1.165, 1.54) is 0 Å². The largest absolute Gasteiger partial charge is 0.358 e. The second-order valence-corrected chi connectivity index (χ2v) is 3.99. The van der Waals surface area contributed by atoms with E-state index in [1.54, 1.807) is 0 Å². The van der Waals surface area contributed by atoms with Crippen LogP contribution in [-0.4, -0.2) is 5.11 Å². The summed E-state index contributed by atoms with van der Waals surface area (Å²) >= 11 is 5.20. The zero-order valence-electron chi connectivity index (χ0n) is 9.31. The first-order valence-corrected chi connectivity index (χ1v) is 5.80. The van der Waals surface area contributed by atoms with Crippen molar-refractivity contribution < 1.29 is 4.98 Å². The molecule has 2 aromatic rings. The Morgan fingerprint density at radius 1 is 1.12 bits per heavy atom. The predicted molar refractivity (Wildman–Crippen MR) is 72.5 cm³/mol. The molecule has 0 unspecified atom stereocenters. The fourth-order valence-electron chi connectivity index (χ4n) is 1.42. The number of H-pyrrole nitrogens is 1. The zero-order valence-corrected chi connectivity index (χ0v) is 10.1. The van der Waals surface area contributed by atoms with Crippen LogP contribution in [0, 0.1) is 0 Å². The first-order valence-electron chi connectivity index (χ1n) is 5.39. The molecule has 1 aromatic heterocycles. The van der Waals surface area contributed by atoms with Crippen LogP contribution in [0.1, 0.15) is 5.56 Å². The van der Waals surface area contributed by atoms with Gasteiger partial charge >= 0.3 is 0 Å². The number of aromatic nitrogens is 1. The van der Waals surface area contributed by atoms with Crippen molar-refractivity contribution in [3.8, 4) is 0 Å². The molecule has 3 nitrogen and oxygen atoms in total. The third-order valence-electron chi connectivity index (χ3n) is 2.26. The molecule has 0 aliphatic rings. The Labute approximate surface area is 106 Å². The molecule has 0 radical (unpaired) electrons. The van der Waals surface area contributed by atoms with E-state index in [1.807, 2.05) is 54.9 Å². The molecule has 0 aliphatic carbocycles. The summed E-state index contributed by atoms with van der Waals surface area (Å²) < 4.78 is 0. The molecule has 1 aromatic carbocycles. The highest BCUT2D eigenvalue weighted by Crippen LogP contribution is 2.04. The van der Waals surface area contributed by atoms with Gasteiger partial charge in [0.15, 0.2) is 17.5 Å². The van der Waals surface area contributed by atoms with Crippen molar-refractivity contribution in [1.82, 2.24) is 5.32 Å². The van der Waals surface area contributed by atoms with Gasteiger partial charge in [0.1, 0.15) is 0 Å². The number of thiocarbonyl (C=S) groups is 1. The molecule has 86 valence electrons. The Morgan fingerprint density at radius 3 is 2.65 bits per heavy atom. The molecule has 0 saturated heterocycles. The fraction of sp³-hybridized carbons (Fsp3) is 0.0769. The molecule has 1 heterocycles. The van der Waals surface area contributed by atoms with Crippen molar-refractivity contribution in [2.24, 2.45) is 0 Å². The smallest absolute Gasteiger partial charge is 0.171 e. The van der Waals surface area contributed by atoms with Crippen LogP contribution in [-0.2, 0) is 6.54 Å². The van der Waals surface area contributed by atoms with E-state index in [9.17, 15) is 0 Å². The highest BCUT2D eigenvalue weighted by Gasteiger charge is 1.98. The summed E-state index contributed by atoms with van der Waals surface area (Å²) in [5.41, 5.74) is 2.15. The van der Waals surface area contributed by atoms with E-state index in [4.69, 9.17) is 12.2 Å². The van der Waals surface area contributed by atoms with E-state index in [-0.39, 0.29) is 0 Å². The third kappa shape index (κ3) is 3.85. The predicted octanol–water partition coefficient (Wildman–Crippen LogP) is 1.99. The van der Waals surface area contributed by atoms with Crippen molar-refractivity contribution in [2.75, 3.05) is 5.32 Å². The van der Waals surface area contributed by atoms with Crippen LogP contribution in [0.15, 0.2) is 54.9 Å². The molecule has 0 bridgehead atoms. The Kier molecular flexibility index (Phi) is 4.05. The lowest BCUT2D eigenvalue weighted by Crippen LogP contribution is -2.28. The van der Waals surface area contributed by atoms with Gasteiger partial charge in [-0.3, -0.25) is 0 Å². The second-order valence-electron chi connectivity index (χ2n) is 3.59. The summed E-state index contributed by atoms with van der Waals surface area (Å²) in [6.07, 6.45) is 3.82. The normalized spacial score (nSPS) is 9.65. The molecule has 0 amide bonds. The first kappa shape index (κ1) is 11.5. The first-order chi connectivity index (χ1) is 8.34. The number of benzene rings is 1. The third-order valence-corrected chi connectivity index (χ3v) is 2.50. The summed E-state index contributed by atoms with van der Waals surface area (Å²) in [5, 5.41) is 6.90. The van der Waals surface area contributed by atoms with E-state index in [0.29, 0.717) is 11.7 Å². The van der Waals surface area contributed by atoms with Crippen molar-refractivity contribution >= 4 is 23.0 Å². The maximum atomic E-state index is 5.20. The van der Waals surface area contributed by atoms with Crippen LogP contribution in [0.3, 0.4) is 0 Å². The molecule has 2 rings (SSSR count). The summed E-state index contributed by atoms with van der Waals surface area (Å²) in [7, 11) is 0. The molecule has 0 fully saturated rings. The minimum absolute atomic E-state index is 0.625. The van der Waals surface area contributed by atoms with Crippen LogP contribution < -0.4 is 15.6 Å². The number of pyridine rings is 1. The van der Waals surface area contributed by atoms with Gasteiger partial charge < -0.3 is 10.6 Å². The lowest BCUT2D eigenvalue weighted by atomic mass is 10.3. The second kappa shape index (κ2) is 5.96. The highest BCUT2D eigenvalue weighted by atomic mass is 32.1. The molecular formula is C13H14N3S+. The van der Waals surface area contributed by atoms with Gasteiger partial charge in [-0.2, -0.15) is 0 Å². The maximum Gasteiger partial charge on any atom is 0.171 e. The number of aromatic amines is 1. The number of hydrogen-bond acceptors (Lipinski definition) is 1. The Hall–Kier alpha value is -1.94. The number of nitrogens with one attached hydrogen (secondary N) is 3. The van der Waals surface area contributed by atoms with E-state index >= 15 is 0 Å². The van der Waals surface area contributed by atoms with Crippen LogP contribution in [0.2, 0.25) is 0 Å². The number of hydrogen-bond donors (Lipinski definition) is 2. The lowest BCUT2D eigenvalue weighted by molar-refractivity contribution is -0.378. The van der Waals surface area contributed by atoms with Crippen LogP contribution in [0.5, 0.6) is 0 Å². The minimum atomic E-state index is 0.625. The molecule has 4 heteroatoms. The van der Waals surface area contributed by atoms with Crippen LogP contribution in [0.25, 0.3) is 0 Å². The average molecular weight is 244 g/mol. The molecule has 0 spiro atoms. The van der Waals surface area contributed by atoms with Gasteiger partial charge in [-0.1, -0.05) is 18.2 Å². The standard InChI is InChI=1S/C13H13N3S/c17-13(16-12-6-2-1-3-7-12)15-10-11-5-4-8-14-9-11/h1-9H,10H2,(H2,15,16,17)/p+1. The van der Waals surface area contributed by atoms with Crippen LogP contribution >= 0.6 is 12.2 Å². The van der Waals surface area contributed by atoms with Crippen molar-refractivity contribution in [3.05, 3.63) is 60.4 Å². The van der Waals surface area contributed by atoms with Gasteiger partial charge in [0, 0.05) is 23.9 Å². The van der Waals surface area contributed by atoms with Crippen LogP contribution in [0.4, 0.5) is 5.69 Å². The molecule has 17 heavy (non-hydrogen) atoms. The summed E-state index contributed by atoms with van der Waals surface area (Å²) in [6.45, 7) is 0.704. The molecule has 3 N–H and O–H groups in total. The molecule has 0 atom stereocenters. The SMILES string of the molecule is S=C(NCc1ccc[nH+]c1)Nc1ccccc1. The minimum Gasteiger partial charge on any atom is -0.358 e. The zero-order chi connectivity index (χ0) is 11.9. The Balaban J connectivity index is 1.83. The highest BCUT2D eigenvalue weighted by molar-refractivity contribution is 7.80. The van der Waals surface area contributed by atoms with Gasteiger partial charge in [-0.15, -0.1) is 0 Å². The maximum absolute atomic E-state index is 5.20. The van der Waals surface area contributed by atoms with E-state index in [0.717, 1.165) is 11.3 Å². The van der Waals surface area contributed by atoms with E-state index < -0.39 is 0 Å². The van der Waals surface area contributed by atoms with Gasteiger partial charge in [0.05, 0.1) is 0 Å². The Bertz CT molecular complexity index is 471. The summed E-state index contributed by atoms with van der Waals surface area (Å²) in [4.78, 5) is 3.03. The fourth-order valence-corrected chi connectivity index (χ4v) is 1.61. The van der Waals surface area contributed by atoms with Gasteiger partial charge in [-0.25, -0.2) is 4.98 Å². The van der Waals surface area contributed by atoms with Crippen molar-refractivity contribution in [3.63, 3.8) is 0 Å². The molecule has 0 aliphatic heterocycles. The molecular weight excluding hydrogens is 230 g/mol. The Morgan fingerprint density at radius 2 is 1.94 bits per heavy atom. The number of anilines is 1. The summed E-state index contributed by atoms with van der Waals surface area (Å²) in [5.74, 6) is 0. The van der Waals surface area contributed by atoms with Gasteiger partial charge in [0.2, 0.25) is 0 Å². The number of rotatable bonds is 3. The monoisotopic (exact) mass is 244 g/mol. The lowest BCUT2D eigenvalue weighted by Gasteiger charge is -2.09.